The molecular weight excluding hydrogens is 364 g/mol. The molecule has 0 aliphatic heterocycles. The van der Waals surface area contributed by atoms with Gasteiger partial charge in [-0.3, -0.25) is 19.7 Å². The summed E-state index contributed by atoms with van der Waals surface area (Å²) in [6.07, 6.45) is 1.83. The van der Waals surface area contributed by atoms with Crippen molar-refractivity contribution in [2.75, 3.05) is 6.61 Å². The fourth-order valence-corrected chi connectivity index (χ4v) is 2.41. The van der Waals surface area contributed by atoms with Crippen LogP contribution in [0.4, 0.5) is 0 Å². The van der Waals surface area contributed by atoms with Crippen LogP contribution < -0.4 is 5.32 Å². The number of aromatic nitrogens is 3. The smallest absolute Gasteiger partial charge is 0.306 e. The number of imide groups is 1. The zero-order valence-corrected chi connectivity index (χ0v) is 15.1. The number of nitrogens with zero attached hydrogens (tertiary/aromatic N) is 3. The second-order valence-electron chi connectivity index (χ2n) is 5.92. The van der Waals surface area contributed by atoms with Gasteiger partial charge in [-0.1, -0.05) is 35.5 Å². The first-order chi connectivity index (χ1) is 13.5. The number of esters is 1. The molecule has 0 aliphatic carbocycles. The van der Waals surface area contributed by atoms with Crippen LogP contribution in [0.1, 0.15) is 22.8 Å². The van der Waals surface area contributed by atoms with Crippen LogP contribution in [0.3, 0.4) is 0 Å². The lowest BCUT2D eigenvalue weighted by Crippen LogP contribution is -2.35. The Labute approximate surface area is 160 Å². The molecule has 1 N–H and O–H groups in total. The van der Waals surface area contributed by atoms with Crippen molar-refractivity contribution in [1.29, 1.82) is 0 Å². The largest absolute Gasteiger partial charge is 0.456 e. The van der Waals surface area contributed by atoms with E-state index in [2.05, 4.69) is 15.5 Å². The average molecular weight is 382 g/mol. The first-order valence-electron chi connectivity index (χ1n) is 8.52. The number of hydrogen-bond acceptors (Lipinski definition) is 7. The predicted octanol–water partition coefficient (Wildman–Crippen LogP) is 1.51. The lowest BCUT2D eigenvalue weighted by molar-refractivity contribution is -0.148. The van der Waals surface area contributed by atoms with E-state index in [0.29, 0.717) is 17.4 Å². The Morgan fingerprint density at radius 1 is 1.14 bits per heavy atom. The van der Waals surface area contributed by atoms with Gasteiger partial charge in [0.1, 0.15) is 5.69 Å². The molecule has 0 fully saturated rings. The fraction of sp³-hybridized carbons (Fsp3) is 0.211. The van der Waals surface area contributed by atoms with E-state index in [-0.39, 0.29) is 12.8 Å². The summed E-state index contributed by atoms with van der Waals surface area (Å²) in [5, 5.41) is 6.02. The average Bonchev–Trinajstić information content (AvgIpc) is 3.34. The van der Waals surface area contributed by atoms with Crippen molar-refractivity contribution >= 4 is 17.8 Å². The maximum atomic E-state index is 11.9. The second-order valence-corrected chi connectivity index (χ2v) is 5.92. The van der Waals surface area contributed by atoms with E-state index >= 15 is 0 Å². The Hall–Kier alpha value is -3.75. The molecule has 0 saturated carbocycles. The molecule has 0 saturated heterocycles. The molecule has 3 aromatic rings. The van der Waals surface area contributed by atoms with E-state index in [0.717, 1.165) is 5.56 Å². The summed E-state index contributed by atoms with van der Waals surface area (Å²) in [4.78, 5) is 39.6. The van der Waals surface area contributed by atoms with Gasteiger partial charge in [0, 0.05) is 25.2 Å². The summed E-state index contributed by atoms with van der Waals surface area (Å²) < 4.78 is 11.5. The van der Waals surface area contributed by atoms with Gasteiger partial charge in [-0.2, -0.15) is 4.98 Å². The standard InChI is InChI=1S/C19H18N4O5/c1-23-11-5-8-14(23)19(26)20-15(24)12-27-17(25)10-9-16-21-18(22-28-16)13-6-3-2-4-7-13/h2-8,11H,9-10,12H2,1H3,(H,20,24,26). The number of carbonyl (C=O) groups excluding carboxylic acids is 3. The molecule has 3 rings (SSSR count). The number of hydrogen-bond donors (Lipinski definition) is 1. The summed E-state index contributed by atoms with van der Waals surface area (Å²) in [5.41, 5.74) is 1.13. The lowest BCUT2D eigenvalue weighted by Gasteiger charge is -2.06. The Morgan fingerprint density at radius 3 is 2.64 bits per heavy atom. The monoisotopic (exact) mass is 382 g/mol. The molecule has 144 valence electrons. The second kappa shape index (κ2) is 8.76. The van der Waals surface area contributed by atoms with E-state index in [4.69, 9.17) is 9.26 Å². The minimum Gasteiger partial charge on any atom is -0.456 e. The lowest BCUT2D eigenvalue weighted by atomic mass is 10.2. The molecule has 28 heavy (non-hydrogen) atoms. The minimum absolute atomic E-state index is 0.0323. The van der Waals surface area contributed by atoms with Crippen molar-refractivity contribution < 1.29 is 23.6 Å². The van der Waals surface area contributed by atoms with Gasteiger partial charge in [-0.05, 0) is 12.1 Å². The highest BCUT2D eigenvalue weighted by molar-refractivity contribution is 6.04. The highest BCUT2D eigenvalue weighted by Gasteiger charge is 2.15. The first-order valence-corrected chi connectivity index (χ1v) is 8.52. The molecule has 2 aromatic heterocycles. The Bertz CT molecular complexity index is 977. The van der Waals surface area contributed by atoms with Gasteiger partial charge in [0.15, 0.2) is 6.61 Å². The summed E-state index contributed by atoms with van der Waals surface area (Å²) in [6.45, 7) is -0.548. The van der Waals surface area contributed by atoms with Crippen molar-refractivity contribution in [3.63, 3.8) is 0 Å². The summed E-state index contributed by atoms with van der Waals surface area (Å²) >= 11 is 0. The zero-order valence-electron chi connectivity index (χ0n) is 15.1. The molecule has 9 heteroatoms. The zero-order chi connectivity index (χ0) is 19.9. The van der Waals surface area contributed by atoms with E-state index < -0.39 is 24.4 Å². The van der Waals surface area contributed by atoms with Gasteiger partial charge in [0.25, 0.3) is 11.8 Å². The third kappa shape index (κ3) is 4.91. The number of nitrogens with one attached hydrogen (secondary N) is 1. The molecule has 2 amide bonds. The quantitative estimate of drug-likeness (QED) is 0.616. The Balaban J connectivity index is 1.41. The van der Waals surface area contributed by atoms with Crippen LogP contribution in [0.15, 0.2) is 53.2 Å². The van der Waals surface area contributed by atoms with Crippen molar-refractivity contribution in [3.05, 3.63) is 60.2 Å². The van der Waals surface area contributed by atoms with Crippen LogP contribution in [0.25, 0.3) is 11.4 Å². The summed E-state index contributed by atoms with van der Waals surface area (Å²) in [6, 6.07) is 12.5. The van der Waals surface area contributed by atoms with Crippen molar-refractivity contribution in [2.24, 2.45) is 7.05 Å². The fourth-order valence-electron chi connectivity index (χ4n) is 2.41. The van der Waals surface area contributed by atoms with Crippen LogP contribution in [-0.2, 0) is 27.8 Å². The van der Waals surface area contributed by atoms with Gasteiger partial charge in [0.2, 0.25) is 11.7 Å². The van der Waals surface area contributed by atoms with E-state index in [1.54, 1.807) is 29.9 Å². The van der Waals surface area contributed by atoms with Gasteiger partial charge in [-0.15, -0.1) is 0 Å². The number of ether oxygens (including phenoxy) is 1. The molecule has 0 spiro atoms. The topological polar surface area (TPSA) is 116 Å². The summed E-state index contributed by atoms with van der Waals surface area (Å²) in [7, 11) is 1.68. The van der Waals surface area contributed by atoms with Crippen LogP contribution >= 0.6 is 0 Å². The Morgan fingerprint density at radius 2 is 1.93 bits per heavy atom. The Kier molecular flexibility index (Phi) is 5.95. The third-order valence-electron chi connectivity index (χ3n) is 3.84. The number of aryl methyl sites for hydroxylation is 2. The van der Waals surface area contributed by atoms with Crippen molar-refractivity contribution in [1.82, 2.24) is 20.0 Å². The molecule has 1 aromatic carbocycles. The molecule has 0 bridgehead atoms. The first kappa shape index (κ1) is 19.0. The van der Waals surface area contributed by atoms with Crippen molar-refractivity contribution in [2.45, 2.75) is 12.8 Å². The molecule has 9 nitrogen and oxygen atoms in total. The number of rotatable bonds is 7. The van der Waals surface area contributed by atoms with E-state index in [1.807, 2.05) is 30.3 Å². The van der Waals surface area contributed by atoms with E-state index in [1.165, 1.54) is 0 Å². The number of carbonyl (C=O) groups is 3. The highest BCUT2D eigenvalue weighted by Crippen LogP contribution is 2.15. The predicted molar refractivity (Wildman–Crippen MR) is 96.9 cm³/mol. The number of benzene rings is 1. The molecular formula is C19H18N4O5. The SMILES string of the molecule is Cn1cccc1C(=O)NC(=O)COC(=O)CCc1nc(-c2ccccc2)no1. The molecule has 0 unspecified atom stereocenters. The molecule has 2 heterocycles. The molecule has 0 aliphatic rings. The highest BCUT2D eigenvalue weighted by atomic mass is 16.5. The van der Waals surface area contributed by atoms with Crippen molar-refractivity contribution in [3.8, 4) is 11.4 Å². The van der Waals surface area contributed by atoms with Gasteiger partial charge in [0.05, 0.1) is 6.42 Å². The minimum atomic E-state index is -0.705. The van der Waals surface area contributed by atoms with Crippen LogP contribution in [0, 0.1) is 0 Å². The maximum absolute atomic E-state index is 11.9. The molecule has 0 atom stereocenters. The van der Waals surface area contributed by atoms with Crippen LogP contribution in [-0.4, -0.2) is 39.1 Å². The molecule has 0 radical (unpaired) electrons. The van der Waals surface area contributed by atoms with E-state index in [9.17, 15) is 14.4 Å². The summed E-state index contributed by atoms with van der Waals surface area (Å²) in [5.74, 6) is -1.15. The van der Waals surface area contributed by atoms with Gasteiger partial charge < -0.3 is 13.8 Å². The van der Waals surface area contributed by atoms with Crippen LogP contribution in [0.2, 0.25) is 0 Å². The third-order valence-corrected chi connectivity index (χ3v) is 3.84. The normalized spacial score (nSPS) is 10.5. The number of amides is 2. The maximum Gasteiger partial charge on any atom is 0.306 e. The van der Waals surface area contributed by atoms with Crippen LogP contribution in [0.5, 0.6) is 0 Å². The van der Waals surface area contributed by atoms with Gasteiger partial charge >= 0.3 is 5.97 Å². The van der Waals surface area contributed by atoms with Gasteiger partial charge in [-0.25, -0.2) is 0 Å².